The molecule has 0 saturated heterocycles. The highest BCUT2D eigenvalue weighted by Gasteiger charge is 2.57. The number of benzene rings is 2. The topological polar surface area (TPSA) is 49.4 Å². The van der Waals surface area contributed by atoms with Crippen LogP contribution < -0.4 is 5.32 Å². The summed E-state index contributed by atoms with van der Waals surface area (Å²) in [6.45, 7) is 1.95. The van der Waals surface area contributed by atoms with Gasteiger partial charge in [-0.3, -0.25) is 9.59 Å². The molecule has 4 heteroatoms. The van der Waals surface area contributed by atoms with E-state index in [1.165, 1.54) is 16.7 Å². The van der Waals surface area contributed by atoms with Crippen molar-refractivity contribution in [1.29, 1.82) is 0 Å². The number of aryl methyl sites for hydroxylation is 1. The summed E-state index contributed by atoms with van der Waals surface area (Å²) in [5, 5.41) is 3.01. The number of fused-ring (bicyclic) bond motifs is 1. The lowest BCUT2D eigenvalue weighted by atomic mass is 9.97. The fourth-order valence-corrected chi connectivity index (χ4v) is 3.94. The van der Waals surface area contributed by atoms with E-state index in [0.29, 0.717) is 32.5 Å². The fraction of sp³-hybridized carbons (Fsp3) is 0.391. The van der Waals surface area contributed by atoms with Crippen molar-refractivity contribution in [3.63, 3.8) is 0 Å². The summed E-state index contributed by atoms with van der Waals surface area (Å²) < 4.78 is 0. The van der Waals surface area contributed by atoms with Gasteiger partial charge in [-0.1, -0.05) is 54.6 Å². The van der Waals surface area contributed by atoms with Gasteiger partial charge in [0.05, 0.1) is 0 Å². The summed E-state index contributed by atoms with van der Waals surface area (Å²) in [4.78, 5) is 27.6. The molecule has 0 atom stereocenters. The molecule has 4 rings (SSSR count). The zero-order chi connectivity index (χ0) is 18.7. The Hall–Kier alpha value is -2.62. The molecule has 4 nitrogen and oxygen atoms in total. The number of nitrogens with one attached hydrogen (secondary N) is 1. The first-order valence-electron chi connectivity index (χ1n) is 9.87. The van der Waals surface area contributed by atoms with Crippen LogP contribution in [0.3, 0.4) is 0 Å². The Bertz CT molecular complexity index is 827. The number of rotatable bonds is 6. The maximum atomic E-state index is 13.1. The van der Waals surface area contributed by atoms with E-state index in [0.717, 1.165) is 19.3 Å². The van der Waals surface area contributed by atoms with Gasteiger partial charge in [0.15, 0.2) is 0 Å². The van der Waals surface area contributed by atoms with Gasteiger partial charge in [0, 0.05) is 19.6 Å². The van der Waals surface area contributed by atoms with Gasteiger partial charge in [-0.2, -0.15) is 0 Å². The largest absolute Gasteiger partial charge is 0.355 e. The van der Waals surface area contributed by atoms with E-state index < -0.39 is 5.41 Å². The molecule has 1 heterocycles. The highest BCUT2D eigenvalue weighted by Crippen LogP contribution is 2.48. The van der Waals surface area contributed by atoms with Crippen LogP contribution in [0, 0.1) is 5.41 Å². The van der Waals surface area contributed by atoms with Crippen LogP contribution in [0.2, 0.25) is 0 Å². The van der Waals surface area contributed by atoms with Gasteiger partial charge in [-0.25, -0.2) is 0 Å². The summed E-state index contributed by atoms with van der Waals surface area (Å²) in [6, 6.07) is 18.5. The molecule has 2 aliphatic rings. The summed E-state index contributed by atoms with van der Waals surface area (Å²) in [5.41, 5.74) is 2.99. The minimum absolute atomic E-state index is 0.0116. The Morgan fingerprint density at radius 3 is 2.41 bits per heavy atom. The number of nitrogens with zero attached hydrogens (tertiary/aromatic N) is 1. The molecule has 0 unspecified atom stereocenters. The van der Waals surface area contributed by atoms with Crippen molar-refractivity contribution >= 4 is 11.8 Å². The number of carbonyl (C=O) groups excluding carboxylic acids is 2. The number of amides is 2. The Morgan fingerprint density at radius 2 is 1.67 bits per heavy atom. The van der Waals surface area contributed by atoms with E-state index >= 15 is 0 Å². The third kappa shape index (κ3) is 3.75. The smallest absolute Gasteiger partial charge is 0.238 e. The Labute approximate surface area is 160 Å². The van der Waals surface area contributed by atoms with Crippen LogP contribution in [0.5, 0.6) is 0 Å². The van der Waals surface area contributed by atoms with E-state index in [9.17, 15) is 9.59 Å². The number of carbonyl (C=O) groups is 2. The fourth-order valence-electron chi connectivity index (χ4n) is 3.94. The van der Waals surface area contributed by atoms with Crippen LogP contribution in [0.4, 0.5) is 0 Å². The standard InChI is InChI=1S/C23H26N2O2/c26-21(24-15-6-9-18-7-2-1-3-8-18)23(13-14-23)22(27)25-16-12-19-10-4-5-11-20(19)17-25/h1-5,7-8,10-11H,6,9,12-17H2,(H,24,26). The van der Waals surface area contributed by atoms with Gasteiger partial charge in [0.25, 0.3) is 0 Å². The van der Waals surface area contributed by atoms with Gasteiger partial charge in [-0.15, -0.1) is 0 Å². The van der Waals surface area contributed by atoms with Crippen molar-refractivity contribution in [2.24, 2.45) is 5.41 Å². The van der Waals surface area contributed by atoms with Crippen molar-refractivity contribution in [3.8, 4) is 0 Å². The quantitative estimate of drug-likeness (QED) is 0.634. The van der Waals surface area contributed by atoms with E-state index in [2.05, 4.69) is 29.6 Å². The average molecular weight is 362 g/mol. The van der Waals surface area contributed by atoms with Crippen LogP contribution in [-0.2, 0) is 29.0 Å². The van der Waals surface area contributed by atoms with E-state index in [4.69, 9.17) is 0 Å². The molecule has 2 aromatic carbocycles. The maximum Gasteiger partial charge on any atom is 0.238 e. The van der Waals surface area contributed by atoms with E-state index in [1.54, 1.807) is 0 Å². The molecule has 27 heavy (non-hydrogen) atoms. The third-order valence-corrected chi connectivity index (χ3v) is 5.78. The molecular weight excluding hydrogens is 336 g/mol. The maximum absolute atomic E-state index is 13.1. The molecule has 1 N–H and O–H groups in total. The first-order valence-corrected chi connectivity index (χ1v) is 9.87. The summed E-state index contributed by atoms with van der Waals surface area (Å²) in [7, 11) is 0. The minimum Gasteiger partial charge on any atom is -0.355 e. The van der Waals surface area contributed by atoms with Crippen LogP contribution in [-0.4, -0.2) is 29.8 Å². The molecule has 1 fully saturated rings. The van der Waals surface area contributed by atoms with Crippen molar-refractivity contribution in [2.45, 2.75) is 38.6 Å². The highest BCUT2D eigenvalue weighted by atomic mass is 16.2. The second-order valence-corrected chi connectivity index (χ2v) is 7.67. The monoisotopic (exact) mass is 362 g/mol. The first-order chi connectivity index (χ1) is 13.2. The summed E-state index contributed by atoms with van der Waals surface area (Å²) in [5.74, 6) is -0.0722. The third-order valence-electron chi connectivity index (χ3n) is 5.78. The lowest BCUT2D eigenvalue weighted by molar-refractivity contribution is -0.145. The van der Waals surface area contributed by atoms with Crippen LogP contribution in [0.1, 0.15) is 36.0 Å². The molecule has 0 spiro atoms. The van der Waals surface area contributed by atoms with Gasteiger partial charge in [0.2, 0.25) is 11.8 Å². The van der Waals surface area contributed by atoms with Crippen molar-refractivity contribution in [3.05, 3.63) is 71.3 Å². The van der Waals surface area contributed by atoms with Crippen LogP contribution in [0.15, 0.2) is 54.6 Å². The van der Waals surface area contributed by atoms with Gasteiger partial charge < -0.3 is 10.2 Å². The molecule has 2 aromatic rings. The molecule has 1 aliphatic carbocycles. The molecule has 1 saturated carbocycles. The second kappa shape index (κ2) is 7.55. The predicted molar refractivity (Wildman–Crippen MR) is 105 cm³/mol. The SMILES string of the molecule is O=C(NCCCc1ccccc1)C1(C(=O)N2CCc3ccccc3C2)CC1. The Balaban J connectivity index is 1.30. The van der Waals surface area contributed by atoms with Gasteiger partial charge in [0.1, 0.15) is 5.41 Å². The minimum atomic E-state index is -0.807. The molecule has 0 radical (unpaired) electrons. The molecular formula is C23H26N2O2. The number of hydrogen-bond donors (Lipinski definition) is 1. The molecule has 1 aliphatic heterocycles. The zero-order valence-corrected chi connectivity index (χ0v) is 15.6. The molecule has 140 valence electrons. The Kier molecular flexibility index (Phi) is 4.97. The number of hydrogen-bond acceptors (Lipinski definition) is 2. The van der Waals surface area contributed by atoms with Crippen molar-refractivity contribution in [2.75, 3.05) is 13.1 Å². The lowest BCUT2D eigenvalue weighted by Crippen LogP contribution is -2.47. The average Bonchev–Trinajstić information content (AvgIpc) is 3.53. The summed E-state index contributed by atoms with van der Waals surface area (Å²) in [6.07, 6.45) is 4.04. The predicted octanol–water partition coefficient (Wildman–Crippen LogP) is 3.10. The zero-order valence-electron chi connectivity index (χ0n) is 15.6. The van der Waals surface area contributed by atoms with Gasteiger partial charge in [-0.05, 0) is 48.8 Å². The first kappa shape index (κ1) is 17.8. The normalized spacial score (nSPS) is 17.1. The Morgan fingerprint density at radius 1 is 0.963 bits per heavy atom. The lowest BCUT2D eigenvalue weighted by Gasteiger charge is -2.31. The van der Waals surface area contributed by atoms with Crippen molar-refractivity contribution in [1.82, 2.24) is 10.2 Å². The van der Waals surface area contributed by atoms with Crippen LogP contribution >= 0.6 is 0 Å². The van der Waals surface area contributed by atoms with E-state index in [1.807, 2.05) is 35.2 Å². The molecule has 0 aromatic heterocycles. The van der Waals surface area contributed by atoms with Crippen LogP contribution in [0.25, 0.3) is 0 Å². The van der Waals surface area contributed by atoms with Gasteiger partial charge >= 0.3 is 0 Å². The highest BCUT2D eigenvalue weighted by molar-refractivity contribution is 6.07. The molecule has 2 amide bonds. The molecule has 0 bridgehead atoms. The second-order valence-electron chi connectivity index (χ2n) is 7.67. The van der Waals surface area contributed by atoms with E-state index in [-0.39, 0.29) is 11.8 Å². The summed E-state index contributed by atoms with van der Waals surface area (Å²) >= 11 is 0. The van der Waals surface area contributed by atoms with Crippen molar-refractivity contribution < 1.29 is 9.59 Å².